The third-order valence-electron chi connectivity index (χ3n) is 4.69. The predicted octanol–water partition coefficient (Wildman–Crippen LogP) is 6.80. The molecule has 1 aromatic heterocycles. The van der Waals surface area contributed by atoms with Crippen LogP contribution in [0.3, 0.4) is 0 Å². The van der Waals surface area contributed by atoms with Gasteiger partial charge < -0.3 is 19.3 Å². The molecule has 0 aliphatic carbocycles. The Labute approximate surface area is 210 Å². The summed E-state index contributed by atoms with van der Waals surface area (Å²) in [6.07, 6.45) is -0.439. The first-order valence-electron chi connectivity index (χ1n) is 11.3. The van der Waals surface area contributed by atoms with E-state index in [-0.39, 0.29) is 11.8 Å². The number of amides is 2. The molecule has 0 aliphatic heterocycles. The van der Waals surface area contributed by atoms with Crippen LogP contribution < -0.4 is 15.0 Å². The highest BCUT2D eigenvalue weighted by Gasteiger charge is 2.22. The lowest BCUT2D eigenvalue weighted by molar-refractivity contribution is 0.0582. The van der Waals surface area contributed by atoms with E-state index in [1.54, 1.807) is 48.5 Å². The average molecular weight is 500 g/mol. The Morgan fingerprint density at radius 3 is 2.37 bits per heavy atom. The second-order valence-electron chi connectivity index (χ2n) is 9.11. The number of aromatic nitrogens is 1. The van der Waals surface area contributed by atoms with Gasteiger partial charge in [0.1, 0.15) is 11.4 Å². The minimum atomic E-state index is -0.593. The first-order chi connectivity index (χ1) is 16.5. The van der Waals surface area contributed by atoms with E-state index in [2.05, 4.69) is 10.5 Å². The zero-order chi connectivity index (χ0) is 25.8. The zero-order valence-corrected chi connectivity index (χ0v) is 21.5. The van der Waals surface area contributed by atoms with E-state index in [1.807, 2.05) is 41.5 Å². The lowest BCUT2D eigenvalue weighted by Crippen LogP contribution is -2.36. The minimum absolute atomic E-state index is 0.00431. The van der Waals surface area contributed by atoms with E-state index in [4.69, 9.17) is 25.6 Å². The van der Waals surface area contributed by atoms with Gasteiger partial charge in [0.25, 0.3) is 5.91 Å². The first kappa shape index (κ1) is 26.1. The highest BCUT2D eigenvalue weighted by Crippen LogP contribution is 2.31. The summed E-state index contributed by atoms with van der Waals surface area (Å²) in [6.45, 7) is 11.6. The Bertz CT molecular complexity index is 1180. The van der Waals surface area contributed by atoms with Gasteiger partial charge in [-0.3, -0.25) is 9.69 Å². The van der Waals surface area contributed by atoms with Crippen LogP contribution in [0.15, 0.2) is 53.1 Å². The summed E-state index contributed by atoms with van der Waals surface area (Å²) in [7, 11) is 0. The fourth-order valence-electron chi connectivity index (χ4n) is 3.18. The number of carbonyl (C=O) groups excluding carboxylic acids is 2. The fraction of sp³-hybridized carbons (Fsp3) is 0.346. The number of halogens is 1. The molecule has 0 aliphatic rings. The van der Waals surface area contributed by atoms with Crippen LogP contribution in [0, 0.1) is 0 Å². The lowest BCUT2D eigenvalue weighted by Gasteiger charge is -2.26. The molecule has 0 fully saturated rings. The van der Waals surface area contributed by atoms with Crippen molar-refractivity contribution in [2.45, 2.75) is 53.2 Å². The maximum absolute atomic E-state index is 12.7. The van der Waals surface area contributed by atoms with E-state index < -0.39 is 17.6 Å². The van der Waals surface area contributed by atoms with Gasteiger partial charge in [0.05, 0.1) is 11.1 Å². The van der Waals surface area contributed by atoms with Crippen molar-refractivity contribution < 1.29 is 23.6 Å². The zero-order valence-electron chi connectivity index (χ0n) is 20.7. The molecule has 0 spiro atoms. The van der Waals surface area contributed by atoms with Gasteiger partial charge in [-0.25, -0.2) is 4.79 Å². The molecular formula is C26H30ClN3O5. The van der Waals surface area contributed by atoms with Gasteiger partial charge in [0.15, 0.2) is 11.5 Å². The molecule has 186 valence electrons. The SMILES string of the molecule is CCN(C(=O)OC(C)(C)C)c1ccc(NC(=O)c2cc(-c3ccc(OC(C)C)c(Cl)c3)on2)cc1. The number of anilines is 2. The van der Waals surface area contributed by atoms with E-state index in [1.165, 1.54) is 4.90 Å². The molecule has 1 N–H and O–H groups in total. The molecule has 3 aromatic rings. The smallest absolute Gasteiger partial charge is 0.414 e. The van der Waals surface area contributed by atoms with Crippen molar-refractivity contribution in [3.8, 4) is 17.1 Å². The van der Waals surface area contributed by atoms with E-state index in [0.29, 0.717) is 40.0 Å². The monoisotopic (exact) mass is 499 g/mol. The summed E-state index contributed by atoms with van der Waals surface area (Å²) < 4.78 is 16.4. The van der Waals surface area contributed by atoms with E-state index >= 15 is 0 Å². The normalized spacial score (nSPS) is 11.3. The second kappa shape index (κ2) is 10.8. The summed E-state index contributed by atoms with van der Waals surface area (Å²) in [5, 5.41) is 7.09. The molecule has 0 saturated carbocycles. The van der Waals surface area contributed by atoms with Crippen LogP contribution in [0.25, 0.3) is 11.3 Å². The Hall–Kier alpha value is -3.52. The van der Waals surface area contributed by atoms with Gasteiger partial charge in [-0.05, 0) is 84.0 Å². The van der Waals surface area contributed by atoms with Crippen molar-refractivity contribution in [2.24, 2.45) is 0 Å². The highest BCUT2D eigenvalue weighted by molar-refractivity contribution is 6.32. The molecule has 0 atom stereocenters. The van der Waals surface area contributed by atoms with Gasteiger partial charge in [-0.15, -0.1) is 0 Å². The minimum Gasteiger partial charge on any atom is -0.489 e. The quantitative estimate of drug-likeness (QED) is 0.384. The fourth-order valence-corrected chi connectivity index (χ4v) is 3.40. The average Bonchev–Trinajstić information content (AvgIpc) is 3.26. The van der Waals surface area contributed by atoms with Crippen LogP contribution in [0.2, 0.25) is 5.02 Å². The van der Waals surface area contributed by atoms with Crippen molar-refractivity contribution in [2.75, 3.05) is 16.8 Å². The maximum Gasteiger partial charge on any atom is 0.414 e. The van der Waals surface area contributed by atoms with Crippen molar-refractivity contribution >= 4 is 35.0 Å². The molecule has 2 aromatic carbocycles. The number of nitrogens with one attached hydrogen (secondary N) is 1. The van der Waals surface area contributed by atoms with Gasteiger partial charge in [0.2, 0.25) is 0 Å². The van der Waals surface area contributed by atoms with Crippen LogP contribution in [-0.4, -0.2) is 35.4 Å². The Morgan fingerprint density at radius 2 is 1.80 bits per heavy atom. The number of ether oxygens (including phenoxy) is 2. The molecule has 0 unspecified atom stereocenters. The number of benzene rings is 2. The Balaban J connectivity index is 1.68. The molecule has 8 nitrogen and oxygen atoms in total. The van der Waals surface area contributed by atoms with Crippen LogP contribution in [0.5, 0.6) is 5.75 Å². The molecule has 1 heterocycles. The molecule has 2 amide bonds. The molecule has 35 heavy (non-hydrogen) atoms. The molecule has 9 heteroatoms. The topological polar surface area (TPSA) is 93.9 Å². The largest absolute Gasteiger partial charge is 0.489 e. The highest BCUT2D eigenvalue weighted by atomic mass is 35.5. The number of hydrogen-bond acceptors (Lipinski definition) is 6. The van der Waals surface area contributed by atoms with Gasteiger partial charge in [-0.1, -0.05) is 16.8 Å². The van der Waals surface area contributed by atoms with E-state index in [9.17, 15) is 9.59 Å². The predicted molar refractivity (Wildman–Crippen MR) is 136 cm³/mol. The number of rotatable bonds is 7. The van der Waals surface area contributed by atoms with Crippen molar-refractivity contribution in [1.82, 2.24) is 5.16 Å². The Morgan fingerprint density at radius 1 is 1.11 bits per heavy atom. The van der Waals surface area contributed by atoms with E-state index in [0.717, 1.165) is 0 Å². The number of nitrogens with zero attached hydrogens (tertiary/aromatic N) is 2. The molecule has 0 radical (unpaired) electrons. The van der Waals surface area contributed by atoms with Crippen molar-refractivity contribution in [1.29, 1.82) is 0 Å². The molecule has 3 rings (SSSR count). The molecular weight excluding hydrogens is 470 g/mol. The summed E-state index contributed by atoms with van der Waals surface area (Å²) in [4.78, 5) is 26.6. The van der Waals surface area contributed by atoms with Gasteiger partial charge in [-0.2, -0.15) is 0 Å². The van der Waals surface area contributed by atoms with Crippen LogP contribution in [0.1, 0.15) is 52.0 Å². The van der Waals surface area contributed by atoms with Crippen LogP contribution in [-0.2, 0) is 4.74 Å². The number of hydrogen-bond donors (Lipinski definition) is 1. The van der Waals surface area contributed by atoms with Crippen molar-refractivity contribution in [3.63, 3.8) is 0 Å². The van der Waals surface area contributed by atoms with Gasteiger partial charge >= 0.3 is 6.09 Å². The number of carbonyl (C=O) groups is 2. The standard InChI is InChI=1S/C26H30ClN3O5/c1-7-30(25(32)34-26(4,5)6)19-11-9-18(10-12-19)28-24(31)21-15-23(35-29-21)17-8-13-22(20(27)14-17)33-16(2)3/h8-16H,7H2,1-6H3,(H,28,31). The van der Waals surface area contributed by atoms with Crippen LogP contribution in [0.4, 0.5) is 16.2 Å². The summed E-state index contributed by atoms with van der Waals surface area (Å²) in [5.41, 5.74) is 1.40. The molecule has 0 bridgehead atoms. The third-order valence-corrected chi connectivity index (χ3v) is 4.98. The molecule has 0 saturated heterocycles. The second-order valence-corrected chi connectivity index (χ2v) is 9.52. The maximum atomic E-state index is 12.7. The first-order valence-corrected chi connectivity index (χ1v) is 11.7. The summed E-state index contributed by atoms with van der Waals surface area (Å²) >= 11 is 6.30. The lowest BCUT2D eigenvalue weighted by atomic mass is 10.1. The Kier molecular flexibility index (Phi) is 8.07. The third kappa shape index (κ3) is 6.99. The van der Waals surface area contributed by atoms with Crippen molar-refractivity contribution in [3.05, 3.63) is 59.2 Å². The summed E-state index contributed by atoms with van der Waals surface area (Å²) in [5.74, 6) is 0.539. The summed E-state index contributed by atoms with van der Waals surface area (Å²) in [6, 6.07) is 13.7. The van der Waals surface area contributed by atoms with Gasteiger partial charge in [0, 0.05) is 29.5 Å². The van der Waals surface area contributed by atoms with Crippen LogP contribution >= 0.6 is 11.6 Å².